The van der Waals surface area contributed by atoms with E-state index in [1.807, 2.05) is 24.3 Å². The average molecular weight is 340 g/mol. The Bertz CT molecular complexity index is 909. The van der Waals surface area contributed by atoms with Crippen molar-refractivity contribution >= 4 is 23.1 Å². The molecule has 3 nitrogen and oxygen atoms in total. The van der Waals surface area contributed by atoms with Crippen molar-refractivity contribution in [1.29, 1.82) is 0 Å². The van der Waals surface area contributed by atoms with Gasteiger partial charge in [0.05, 0.1) is 0 Å². The van der Waals surface area contributed by atoms with E-state index >= 15 is 0 Å². The van der Waals surface area contributed by atoms with E-state index in [-0.39, 0.29) is 16.2 Å². The Balaban J connectivity index is 1.90. The molecule has 0 fully saturated rings. The number of carboxylic acid groups (broad SMARTS) is 1. The van der Waals surface area contributed by atoms with Crippen LogP contribution >= 0.6 is 11.3 Å². The Hall–Kier alpha value is -2.79. The molecule has 24 heavy (non-hydrogen) atoms. The maximum absolute atomic E-state index is 13.9. The van der Waals surface area contributed by atoms with Crippen molar-refractivity contribution in [3.05, 3.63) is 70.2 Å². The quantitative estimate of drug-likeness (QED) is 0.671. The van der Waals surface area contributed by atoms with E-state index in [0.717, 1.165) is 11.1 Å². The molecule has 0 radical (unpaired) electrons. The van der Waals surface area contributed by atoms with Crippen LogP contribution in [0, 0.1) is 5.13 Å². The van der Waals surface area contributed by atoms with E-state index in [9.17, 15) is 14.0 Å². The topological polar surface area (TPSA) is 54.4 Å². The zero-order valence-corrected chi connectivity index (χ0v) is 13.6. The van der Waals surface area contributed by atoms with Crippen molar-refractivity contribution in [2.45, 2.75) is 6.92 Å². The lowest BCUT2D eigenvalue weighted by Gasteiger charge is -2.05. The number of Topliss-reactive ketones (excluding diaryl/α,β-unsaturated/α-hetero) is 1. The second-order valence-electron chi connectivity index (χ2n) is 5.31. The summed E-state index contributed by atoms with van der Waals surface area (Å²) >= 11 is 0.624. The van der Waals surface area contributed by atoms with Crippen molar-refractivity contribution in [1.82, 2.24) is 0 Å². The maximum Gasteiger partial charge on any atom is 0.345 e. The Morgan fingerprint density at radius 1 is 0.917 bits per heavy atom. The van der Waals surface area contributed by atoms with Gasteiger partial charge in [-0.05, 0) is 29.7 Å². The van der Waals surface area contributed by atoms with Gasteiger partial charge in [0.1, 0.15) is 4.88 Å². The van der Waals surface area contributed by atoms with E-state index in [2.05, 4.69) is 0 Å². The SMILES string of the molecule is CC(=O)c1ccc(-c2ccc(-c3cc(C(=O)O)sc3F)cc2)cc1. The van der Waals surface area contributed by atoms with Crippen LogP contribution in [0.3, 0.4) is 0 Å². The van der Waals surface area contributed by atoms with Crippen LogP contribution in [0.4, 0.5) is 4.39 Å². The van der Waals surface area contributed by atoms with Crippen LogP contribution in [0.15, 0.2) is 54.6 Å². The van der Waals surface area contributed by atoms with Gasteiger partial charge in [0.15, 0.2) is 10.9 Å². The maximum atomic E-state index is 13.9. The molecule has 0 aliphatic heterocycles. The fraction of sp³-hybridized carbons (Fsp3) is 0.0526. The van der Waals surface area contributed by atoms with Crippen molar-refractivity contribution in [2.75, 3.05) is 0 Å². The third-order valence-corrected chi connectivity index (χ3v) is 4.63. The van der Waals surface area contributed by atoms with Crippen LogP contribution in [0.1, 0.15) is 27.0 Å². The first kappa shape index (κ1) is 16.1. The number of thiophene rings is 1. The minimum atomic E-state index is -1.13. The molecule has 5 heteroatoms. The van der Waals surface area contributed by atoms with Gasteiger partial charge in [-0.2, -0.15) is 4.39 Å². The first-order chi connectivity index (χ1) is 11.5. The normalized spacial score (nSPS) is 10.6. The van der Waals surface area contributed by atoms with Gasteiger partial charge in [-0.25, -0.2) is 4.79 Å². The number of hydrogen-bond acceptors (Lipinski definition) is 3. The highest BCUT2D eigenvalue weighted by Crippen LogP contribution is 2.31. The van der Waals surface area contributed by atoms with Gasteiger partial charge in [-0.15, -0.1) is 0 Å². The Morgan fingerprint density at radius 3 is 1.88 bits per heavy atom. The smallest absolute Gasteiger partial charge is 0.345 e. The summed E-state index contributed by atoms with van der Waals surface area (Å²) in [6, 6.07) is 15.8. The van der Waals surface area contributed by atoms with Crippen molar-refractivity contribution in [2.24, 2.45) is 0 Å². The lowest BCUT2D eigenvalue weighted by atomic mass is 10.00. The molecule has 0 unspecified atom stereocenters. The molecule has 0 saturated carbocycles. The molecule has 3 aromatic rings. The molecule has 1 heterocycles. The Morgan fingerprint density at radius 2 is 1.42 bits per heavy atom. The minimum absolute atomic E-state index is 0.0130. The molecule has 0 saturated heterocycles. The largest absolute Gasteiger partial charge is 0.477 e. The van der Waals surface area contributed by atoms with Gasteiger partial charge in [0.25, 0.3) is 0 Å². The average Bonchev–Trinajstić information content (AvgIpc) is 2.97. The molecule has 120 valence electrons. The molecular formula is C19H13FO3S. The van der Waals surface area contributed by atoms with Crippen LogP contribution in [-0.2, 0) is 0 Å². The number of aromatic carboxylic acids is 1. The van der Waals surface area contributed by atoms with Crippen LogP contribution in [0.2, 0.25) is 0 Å². The molecule has 0 atom stereocenters. The number of halogens is 1. The van der Waals surface area contributed by atoms with Gasteiger partial charge >= 0.3 is 5.97 Å². The summed E-state index contributed by atoms with van der Waals surface area (Å²) in [5, 5.41) is 8.44. The molecule has 3 rings (SSSR count). The second-order valence-corrected chi connectivity index (χ2v) is 6.32. The van der Waals surface area contributed by atoms with Crippen molar-refractivity contribution < 1.29 is 19.1 Å². The number of rotatable bonds is 4. The number of benzene rings is 2. The number of carbonyl (C=O) groups excluding carboxylic acids is 1. The molecule has 0 amide bonds. The lowest BCUT2D eigenvalue weighted by molar-refractivity contribution is 0.0702. The summed E-state index contributed by atoms with van der Waals surface area (Å²) in [4.78, 5) is 22.2. The van der Waals surface area contributed by atoms with Crippen LogP contribution in [-0.4, -0.2) is 16.9 Å². The molecule has 0 aliphatic rings. The second kappa shape index (κ2) is 6.37. The molecule has 0 aliphatic carbocycles. The summed E-state index contributed by atoms with van der Waals surface area (Å²) in [5.41, 5.74) is 3.44. The predicted molar refractivity (Wildman–Crippen MR) is 92.1 cm³/mol. The predicted octanol–water partition coefficient (Wildman–Crippen LogP) is 5.12. The van der Waals surface area contributed by atoms with Crippen LogP contribution in [0.25, 0.3) is 22.3 Å². The molecule has 2 aromatic carbocycles. The number of carboxylic acids is 1. The van der Waals surface area contributed by atoms with Gasteiger partial charge in [-0.1, -0.05) is 59.9 Å². The van der Waals surface area contributed by atoms with Gasteiger partial charge in [0.2, 0.25) is 0 Å². The standard InChI is InChI=1S/C19H13FO3S/c1-11(21)12-2-4-13(5-3-12)14-6-8-15(9-7-14)16-10-17(19(22)23)24-18(16)20/h2-10H,1H3,(H,22,23). The molecule has 1 N–H and O–H groups in total. The summed E-state index contributed by atoms with van der Waals surface area (Å²) in [7, 11) is 0. The van der Waals surface area contributed by atoms with Gasteiger partial charge in [0, 0.05) is 11.1 Å². The minimum Gasteiger partial charge on any atom is -0.477 e. The highest BCUT2D eigenvalue weighted by molar-refractivity contribution is 7.12. The van der Waals surface area contributed by atoms with Crippen molar-refractivity contribution in [3.63, 3.8) is 0 Å². The van der Waals surface area contributed by atoms with E-state index in [1.54, 1.807) is 24.3 Å². The summed E-state index contributed by atoms with van der Waals surface area (Å²) < 4.78 is 13.9. The highest BCUT2D eigenvalue weighted by Gasteiger charge is 2.15. The van der Waals surface area contributed by atoms with Crippen LogP contribution < -0.4 is 0 Å². The number of hydrogen-bond donors (Lipinski definition) is 1. The fourth-order valence-electron chi connectivity index (χ4n) is 2.41. The van der Waals surface area contributed by atoms with Gasteiger partial charge < -0.3 is 5.11 Å². The zero-order valence-electron chi connectivity index (χ0n) is 12.7. The molecule has 0 spiro atoms. The van der Waals surface area contributed by atoms with Crippen LogP contribution in [0.5, 0.6) is 0 Å². The van der Waals surface area contributed by atoms with E-state index in [0.29, 0.717) is 22.5 Å². The van der Waals surface area contributed by atoms with Gasteiger partial charge in [-0.3, -0.25) is 4.79 Å². The number of carbonyl (C=O) groups is 2. The molecule has 1 aromatic heterocycles. The third kappa shape index (κ3) is 3.12. The fourth-order valence-corrected chi connectivity index (χ4v) is 3.15. The summed E-state index contributed by atoms with van der Waals surface area (Å²) in [6.07, 6.45) is 0. The first-order valence-corrected chi connectivity index (χ1v) is 8.02. The van der Waals surface area contributed by atoms with Crippen molar-refractivity contribution in [3.8, 4) is 22.3 Å². The highest BCUT2D eigenvalue weighted by atomic mass is 32.1. The lowest BCUT2D eigenvalue weighted by Crippen LogP contribution is -1.90. The van der Waals surface area contributed by atoms with E-state index in [1.165, 1.54) is 13.0 Å². The monoisotopic (exact) mass is 340 g/mol. The van der Waals surface area contributed by atoms with E-state index in [4.69, 9.17) is 5.11 Å². The summed E-state index contributed by atoms with van der Waals surface area (Å²) in [6.45, 7) is 1.52. The number of ketones is 1. The first-order valence-electron chi connectivity index (χ1n) is 7.20. The Labute approximate surface area is 142 Å². The summed E-state index contributed by atoms with van der Waals surface area (Å²) in [5.74, 6) is -1.12. The van der Waals surface area contributed by atoms with E-state index < -0.39 is 11.1 Å². The molecular weight excluding hydrogens is 327 g/mol. The Kier molecular flexibility index (Phi) is 4.27. The molecule has 0 bridgehead atoms. The third-order valence-electron chi connectivity index (χ3n) is 3.72. The zero-order chi connectivity index (χ0) is 17.3.